The summed E-state index contributed by atoms with van der Waals surface area (Å²) in [5.41, 5.74) is 1.62. The zero-order chi connectivity index (χ0) is 16.2. The Morgan fingerprint density at radius 3 is 2.74 bits per heavy atom. The molecule has 6 atom stereocenters. The Kier molecular flexibility index (Phi) is 3.66. The van der Waals surface area contributed by atoms with Gasteiger partial charge in [-0.2, -0.15) is 0 Å². The highest BCUT2D eigenvalue weighted by atomic mass is 16.5. The summed E-state index contributed by atoms with van der Waals surface area (Å²) in [6, 6.07) is 0. The highest BCUT2D eigenvalue weighted by Crippen LogP contribution is 2.62. The summed E-state index contributed by atoms with van der Waals surface area (Å²) in [5, 5.41) is 0. The van der Waals surface area contributed by atoms with Crippen LogP contribution in [-0.4, -0.2) is 17.9 Å². The van der Waals surface area contributed by atoms with Gasteiger partial charge in [-0.15, -0.1) is 0 Å². The van der Waals surface area contributed by atoms with Gasteiger partial charge in [-0.05, 0) is 74.7 Å². The summed E-state index contributed by atoms with van der Waals surface area (Å²) in [6.07, 6.45) is 10.9. The standard InChI is InChI=1S/C20H28O3/c1-12(21)23-19-8-7-18-17-5-3-13-11-14(22)4-6-15(13)16(17)9-10-20(18,19)2/h11,15-19H,3-10H2,1-2H3/t15-,16+,17+,18+,19+,20-/m0/s1. The molecule has 0 aliphatic heterocycles. The van der Waals surface area contributed by atoms with Crippen molar-refractivity contribution >= 4 is 11.8 Å². The van der Waals surface area contributed by atoms with Crippen molar-refractivity contribution in [2.45, 2.75) is 71.3 Å². The number of allylic oxidation sites excluding steroid dienone is 1. The van der Waals surface area contributed by atoms with Gasteiger partial charge in [0.15, 0.2) is 5.78 Å². The van der Waals surface area contributed by atoms with Crippen molar-refractivity contribution in [3.8, 4) is 0 Å². The van der Waals surface area contributed by atoms with Crippen molar-refractivity contribution < 1.29 is 14.3 Å². The lowest BCUT2D eigenvalue weighted by atomic mass is 9.52. The average molecular weight is 316 g/mol. The minimum absolute atomic E-state index is 0.121. The van der Waals surface area contributed by atoms with Crippen LogP contribution in [0, 0.1) is 29.1 Å². The van der Waals surface area contributed by atoms with Crippen molar-refractivity contribution in [1.29, 1.82) is 0 Å². The number of carbonyl (C=O) groups excluding carboxylic acids is 2. The van der Waals surface area contributed by atoms with Crippen molar-refractivity contribution in [2.75, 3.05) is 0 Å². The second-order valence-corrected chi connectivity index (χ2v) is 8.52. The molecule has 0 aromatic heterocycles. The summed E-state index contributed by atoms with van der Waals surface area (Å²) in [5.74, 6) is 3.10. The SMILES string of the molecule is CC(=O)O[C@@H]1CC[C@@H]2[C@@H]3CCC4=CC(=O)CC[C@@H]4[C@H]3CC[C@@]21C. The van der Waals surface area contributed by atoms with E-state index in [-0.39, 0.29) is 17.5 Å². The van der Waals surface area contributed by atoms with Crippen LogP contribution in [0.4, 0.5) is 0 Å². The smallest absolute Gasteiger partial charge is 0.302 e. The van der Waals surface area contributed by atoms with Gasteiger partial charge in [0.25, 0.3) is 0 Å². The Balaban J connectivity index is 1.57. The molecule has 3 nitrogen and oxygen atoms in total. The van der Waals surface area contributed by atoms with Gasteiger partial charge in [0.05, 0.1) is 0 Å². The van der Waals surface area contributed by atoms with Gasteiger partial charge in [0, 0.05) is 18.8 Å². The van der Waals surface area contributed by atoms with Crippen molar-refractivity contribution in [3.05, 3.63) is 11.6 Å². The van der Waals surface area contributed by atoms with Gasteiger partial charge < -0.3 is 4.74 Å². The lowest BCUT2D eigenvalue weighted by molar-refractivity contribution is -0.156. The Bertz CT molecular complexity index is 563. The fourth-order valence-electron chi connectivity index (χ4n) is 6.53. The maximum Gasteiger partial charge on any atom is 0.302 e. The van der Waals surface area contributed by atoms with Gasteiger partial charge in [0.2, 0.25) is 0 Å². The van der Waals surface area contributed by atoms with E-state index in [1.165, 1.54) is 31.3 Å². The van der Waals surface area contributed by atoms with Crippen LogP contribution in [-0.2, 0) is 14.3 Å². The third kappa shape index (κ3) is 2.38. The number of carbonyl (C=O) groups is 2. The molecule has 0 heterocycles. The first-order valence-electron chi connectivity index (χ1n) is 9.39. The lowest BCUT2D eigenvalue weighted by Gasteiger charge is -2.53. The topological polar surface area (TPSA) is 43.4 Å². The number of hydrogen-bond donors (Lipinski definition) is 0. The van der Waals surface area contributed by atoms with Crippen LogP contribution in [0.3, 0.4) is 0 Å². The molecule has 0 saturated heterocycles. The first kappa shape index (κ1) is 15.4. The zero-order valence-corrected chi connectivity index (χ0v) is 14.3. The molecular formula is C20H28O3. The minimum Gasteiger partial charge on any atom is -0.462 e. The summed E-state index contributed by atoms with van der Waals surface area (Å²) in [7, 11) is 0. The molecule has 0 amide bonds. The number of rotatable bonds is 1. The average Bonchev–Trinajstić information content (AvgIpc) is 2.83. The fourth-order valence-corrected chi connectivity index (χ4v) is 6.53. The Morgan fingerprint density at radius 1 is 1.13 bits per heavy atom. The fraction of sp³-hybridized carbons (Fsp3) is 0.800. The monoisotopic (exact) mass is 316 g/mol. The quantitative estimate of drug-likeness (QED) is 0.685. The van der Waals surface area contributed by atoms with E-state index in [1.807, 2.05) is 6.08 Å². The number of ether oxygens (including phenoxy) is 1. The van der Waals surface area contributed by atoms with E-state index in [0.29, 0.717) is 17.6 Å². The maximum absolute atomic E-state index is 11.7. The summed E-state index contributed by atoms with van der Waals surface area (Å²) < 4.78 is 5.69. The Labute approximate surface area is 138 Å². The summed E-state index contributed by atoms with van der Waals surface area (Å²) >= 11 is 0. The molecule has 0 aromatic rings. The van der Waals surface area contributed by atoms with Crippen LogP contribution in [0.25, 0.3) is 0 Å². The van der Waals surface area contributed by atoms with Crippen LogP contribution in [0.2, 0.25) is 0 Å². The van der Waals surface area contributed by atoms with Gasteiger partial charge in [0.1, 0.15) is 6.10 Å². The van der Waals surface area contributed by atoms with E-state index in [2.05, 4.69) is 6.92 Å². The molecule has 126 valence electrons. The van der Waals surface area contributed by atoms with E-state index < -0.39 is 0 Å². The summed E-state index contributed by atoms with van der Waals surface area (Å²) in [6.45, 7) is 3.91. The zero-order valence-electron chi connectivity index (χ0n) is 14.3. The van der Waals surface area contributed by atoms with E-state index in [1.54, 1.807) is 6.92 Å². The molecule has 4 aliphatic rings. The van der Waals surface area contributed by atoms with Crippen molar-refractivity contribution in [2.24, 2.45) is 29.1 Å². The van der Waals surface area contributed by atoms with Crippen LogP contribution in [0.5, 0.6) is 0 Å². The molecule has 3 saturated carbocycles. The maximum atomic E-state index is 11.7. The molecule has 3 fully saturated rings. The Morgan fingerprint density at radius 2 is 1.96 bits per heavy atom. The van der Waals surface area contributed by atoms with E-state index in [9.17, 15) is 9.59 Å². The first-order chi connectivity index (χ1) is 11.0. The molecule has 0 radical (unpaired) electrons. The predicted octanol–water partition coefficient (Wildman–Crippen LogP) is 4.06. The molecular weight excluding hydrogens is 288 g/mol. The van der Waals surface area contributed by atoms with Gasteiger partial charge in [-0.3, -0.25) is 9.59 Å². The van der Waals surface area contributed by atoms with Gasteiger partial charge in [-0.1, -0.05) is 12.5 Å². The van der Waals surface area contributed by atoms with E-state index in [0.717, 1.165) is 37.5 Å². The number of hydrogen-bond acceptors (Lipinski definition) is 3. The molecule has 0 unspecified atom stereocenters. The van der Waals surface area contributed by atoms with Crippen LogP contribution < -0.4 is 0 Å². The second kappa shape index (κ2) is 5.46. The van der Waals surface area contributed by atoms with E-state index >= 15 is 0 Å². The third-order valence-electron chi connectivity index (χ3n) is 7.52. The molecule has 4 aliphatic carbocycles. The van der Waals surface area contributed by atoms with Crippen molar-refractivity contribution in [1.82, 2.24) is 0 Å². The largest absolute Gasteiger partial charge is 0.462 e. The lowest BCUT2D eigenvalue weighted by Crippen LogP contribution is -2.48. The molecule has 0 bridgehead atoms. The normalized spacial score (nSPS) is 45.6. The van der Waals surface area contributed by atoms with Crippen LogP contribution in [0.1, 0.15) is 65.2 Å². The Hall–Kier alpha value is -1.12. The first-order valence-corrected chi connectivity index (χ1v) is 9.39. The molecule has 0 N–H and O–H groups in total. The highest BCUT2D eigenvalue weighted by Gasteiger charge is 2.57. The highest BCUT2D eigenvalue weighted by molar-refractivity contribution is 5.91. The molecule has 23 heavy (non-hydrogen) atoms. The van der Waals surface area contributed by atoms with Crippen molar-refractivity contribution in [3.63, 3.8) is 0 Å². The number of ketones is 1. The van der Waals surface area contributed by atoms with Crippen LogP contribution in [0.15, 0.2) is 11.6 Å². The van der Waals surface area contributed by atoms with Gasteiger partial charge in [-0.25, -0.2) is 0 Å². The van der Waals surface area contributed by atoms with Crippen LogP contribution >= 0.6 is 0 Å². The van der Waals surface area contributed by atoms with E-state index in [4.69, 9.17) is 4.74 Å². The molecule has 0 aromatic carbocycles. The summed E-state index contributed by atoms with van der Waals surface area (Å²) in [4.78, 5) is 23.2. The molecule has 4 rings (SSSR count). The van der Waals surface area contributed by atoms with Gasteiger partial charge >= 0.3 is 5.97 Å². The molecule has 3 heteroatoms. The number of fused-ring (bicyclic) bond motifs is 5. The predicted molar refractivity (Wildman–Crippen MR) is 87.6 cm³/mol. The third-order valence-corrected chi connectivity index (χ3v) is 7.52. The minimum atomic E-state index is -0.126. The second-order valence-electron chi connectivity index (χ2n) is 8.52. The number of esters is 1. The molecule has 0 spiro atoms.